The number of aromatic nitrogens is 4. The molecule has 5 N–H and O–H groups in total. The van der Waals surface area contributed by atoms with Crippen LogP contribution in [0.3, 0.4) is 0 Å². The summed E-state index contributed by atoms with van der Waals surface area (Å²) in [6.45, 7) is 2.77. The van der Waals surface area contributed by atoms with Gasteiger partial charge in [-0.3, -0.25) is 13.9 Å². The minimum Gasteiger partial charge on any atom is -0.465 e. The van der Waals surface area contributed by atoms with Gasteiger partial charge in [-0.05, 0) is 13.8 Å². The number of imidazole rings is 1. The van der Waals surface area contributed by atoms with Crippen LogP contribution in [0.15, 0.2) is 6.33 Å². The Morgan fingerprint density at radius 3 is 2.94 bits per heavy atom. The largest absolute Gasteiger partial charge is 0.465 e. The number of aliphatic hydroxyl groups excluding tert-OH is 1. The highest BCUT2D eigenvalue weighted by Gasteiger charge is 2.58. The molecule has 1 aliphatic heterocycles. The molecule has 0 saturated carbocycles. The maximum atomic E-state index is 15.7. The van der Waals surface area contributed by atoms with Crippen LogP contribution in [0, 0.1) is 12.3 Å². The lowest BCUT2D eigenvalue weighted by Gasteiger charge is -2.23. The number of carbonyl (C=O) groups is 1. The van der Waals surface area contributed by atoms with E-state index in [9.17, 15) is 14.5 Å². The zero-order valence-electron chi connectivity index (χ0n) is 18.1. The second kappa shape index (κ2) is 9.98. The van der Waals surface area contributed by atoms with Gasteiger partial charge in [0, 0.05) is 7.05 Å². The third kappa shape index (κ3) is 4.78. The highest BCUT2D eigenvalue weighted by Crippen LogP contribution is 2.43. The van der Waals surface area contributed by atoms with Gasteiger partial charge in [0.05, 0.1) is 19.5 Å². The molecule has 3 heterocycles. The van der Waals surface area contributed by atoms with E-state index < -0.39 is 50.9 Å². The molecule has 0 bridgehead atoms. The molecule has 1 unspecified atom stereocenters. The van der Waals surface area contributed by atoms with Crippen LogP contribution in [-0.2, 0) is 23.4 Å². The van der Waals surface area contributed by atoms with Gasteiger partial charge in [0.25, 0.3) is 8.18 Å². The van der Waals surface area contributed by atoms with E-state index in [4.69, 9.17) is 26.2 Å². The number of alkyl halides is 1. The molecule has 15 heteroatoms. The lowest BCUT2D eigenvalue weighted by Crippen LogP contribution is -2.42. The van der Waals surface area contributed by atoms with Crippen molar-refractivity contribution in [2.45, 2.75) is 44.0 Å². The van der Waals surface area contributed by atoms with E-state index in [-0.39, 0.29) is 23.7 Å². The van der Waals surface area contributed by atoms with Crippen molar-refractivity contribution in [1.82, 2.24) is 24.6 Å². The minimum atomic E-state index is -2.95. The van der Waals surface area contributed by atoms with Crippen molar-refractivity contribution in [3.05, 3.63) is 6.33 Å². The molecule has 33 heavy (non-hydrogen) atoms. The summed E-state index contributed by atoms with van der Waals surface area (Å²) in [4.78, 5) is 23.9. The number of anilines is 2. The Morgan fingerprint density at radius 1 is 1.58 bits per heavy atom. The zero-order chi connectivity index (χ0) is 24.3. The topological polar surface area (TPSA) is 176 Å². The molecule has 180 valence electrons. The number of esters is 1. The second-order valence-electron chi connectivity index (χ2n) is 7.11. The molecule has 1 aliphatic rings. The van der Waals surface area contributed by atoms with Gasteiger partial charge in [-0.25, -0.2) is 14.5 Å². The highest BCUT2D eigenvalue weighted by molar-refractivity contribution is 7.36. The number of ether oxygens (including phenoxy) is 2. The number of nitrogen functional groups attached to an aromatic ring is 1. The molecule has 13 nitrogen and oxygen atoms in total. The number of fused-ring (bicyclic) bond motifs is 1. The molecule has 1 saturated heterocycles. The number of hydrogen-bond donors (Lipinski definition) is 4. The average Bonchev–Trinajstić information content (AvgIpc) is 3.31. The summed E-state index contributed by atoms with van der Waals surface area (Å²) in [6.07, 6.45) is 1.98. The predicted octanol–water partition coefficient (Wildman–Crippen LogP) is -0.00250. The Kier molecular flexibility index (Phi) is 7.51. The summed E-state index contributed by atoms with van der Waals surface area (Å²) in [7, 11) is -1.35. The number of aliphatic hydroxyl groups is 1. The van der Waals surface area contributed by atoms with Gasteiger partial charge in [0.2, 0.25) is 11.6 Å². The Morgan fingerprint density at radius 2 is 2.30 bits per heavy atom. The van der Waals surface area contributed by atoms with Crippen LogP contribution >= 0.6 is 8.18 Å². The van der Waals surface area contributed by atoms with E-state index in [1.54, 1.807) is 14.0 Å². The van der Waals surface area contributed by atoms with Gasteiger partial charge in [-0.1, -0.05) is 5.92 Å². The molecule has 2 aromatic heterocycles. The number of hydrogen-bond acceptors (Lipinski definition) is 11. The second-order valence-corrected chi connectivity index (χ2v) is 8.26. The first-order valence-corrected chi connectivity index (χ1v) is 11.3. The lowest BCUT2D eigenvalue weighted by molar-refractivity contribution is -0.144. The zero-order valence-corrected chi connectivity index (χ0v) is 19.1. The quantitative estimate of drug-likeness (QED) is 0.213. The van der Waals surface area contributed by atoms with E-state index in [0.29, 0.717) is 5.82 Å². The summed E-state index contributed by atoms with van der Waals surface area (Å²) in [5, 5.41) is 15.8. The molecule has 6 atom stereocenters. The van der Waals surface area contributed by atoms with E-state index in [1.807, 2.05) is 5.92 Å². The number of carbonyl (C=O) groups excluding carboxylic acids is 1. The van der Waals surface area contributed by atoms with Crippen molar-refractivity contribution in [1.29, 1.82) is 0 Å². The first-order chi connectivity index (χ1) is 15.7. The van der Waals surface area contributed by atoms with Crippen molar-refractivity contribution in [3.8, 4) is 12.3 Å². The van der Waals surface area contributed by atoms with Crippen molar-refractivity contribution in [3.63, 3.8) is 0 Å². The van der Waals surface area contributed by atoms with Crippen LogP contribution in [0.2, 0.25) is 0 Å². The van der Waals surface area contributed by atoms with Crippen molar-refractivity contribution in [2.75, 3.05) is 31.3 Å². The fourth-order valence-electron chi connectivity index (χ4n) is 3.29. The number of halogens is 1. The summed E-state index contributed by atoms with van der Waals surface area (Å²) >= 11 is 0. The number of nitrogens with one attached hydrogen (secondary N) is 2. The van der Waals surface area contributed by atoms with Crippen LogP contribution in [0.25, 0.3) is 11.2 Å². The number of nitrogens with two attached hydrogens (primary N) is 1. The van der Waals surface area contributed by atoms with E-state index >= 15 is 4.39 Å². The van der Waals surface area contributed by atoms with Gasteiger partial charge in [0.1, 0.15) is 18.2 Å². The summed E-state index contributed by atoms with van der Waals surface area (Å²) < 4.78 is 44.7. The van der Waals surface area contributed by atoms with Gasteiger partial charge in [0.15, 0.2) is 23.2 Å². The van der Waals surface area contributed by atoms with Gasteiger partial charge >= 0.3 is 5.97 Å². The van der Waals surface area contributed by atoms with Crippen LogP contribution in [0.1, 0.15) is 20.1 Å². The van der Waals surface area contributed by atoms with Gasteiger partial charge < -0.3 is 30.2 Å². The van der Waals surface area contributed by atoms with Crippen molar-refractivity contribution < 1.29 is 32.9 Å². The number of terminal acetylenes is 1. The number of nitrogens with zero attached hydrogens (tertiary/aromatic N) is 4. The monoisotopic (exact) mass is 485 g/mol. The Bertz CT molecular complexity index is 1090. The van der Waals surface area contributed by atoms with E-state index in [2.05, 4.69) is 25.4 Å². The molecular formula is C18H25FN7O6P. The highest BCUT2D eigenvalue weighted by atomic mass is 31.1. The van der Waals surface area contributed by atoms with Crippen molar-refractivity contribution >= 4 is 37.1 Å². The predicted molar refractivity (Wildman–Crippen MR) is 116 cm³/mol. The SMILES string of the molecule is C#C[C@@]1(F)[C@H](O)[C@@H](CO[PH](=O)N[C@@H](C)C(=O)OCC)O[C@H]1n1cnc2c(NC)nc(N)nc21. The smallest absolute Gasteiger partial charge is 0.323 e. The molecule has 0 aromatic carbocycles. The lowest BCUT2D eigenvalue weighted by atomic mass is 9.97. The third-order valence-corrected chi connectivity index (χ3v) is 6.05. The third-order valence-electron chi connectivity index (χ3n) is 4.95. The summed E-state index contributed by atoms with van der Waals surface area (Å²) in [6, 6.07) is -0.895. The standard InChI is InChI=1S/C18H25FN7O6P/c1-5-18(19)12(27)10(7-31-33(29)25-9(3)15(28)30-6-2)32-16(18)26-8-22-11-13(21-4)23-17(20)24-14(11)26/h1,8-10,12,16,27,33H,6-7H2,2-4H3,(H,25,29)(H3,20,21,23,24)/t9-,10+,12+,16+,18+/m0/s1. The van der Waals surface area contributed by atoms with Gasteiger partial charge in [-0.2, -0.15) is 9.97 Å². The maximum absolute atomic E-state index is 15.7. The molecular weight excluding hydrogens is 460 g/mol. The first-order valence-electron chi connectivity index (χ1n) is 9.94. The fourth-order valence-corrected chi connectivity index (χ4v) is 4.16. The van der Waals surface area contributed by atoms with Crippen molar-refractivity contribution in [2.24, 2.45) is 0 Å². The Hall–Kier alpha value is -2.82. The van der Waals surface area contributed by atoms with E-state index in [0.717, 1.165) is 0 Å². The van der Waals surface area contributed by atoms with Crippen LogP contribution < -0.4 is 16.1 Å². The first kappa shape index (κ1) is 24.8. The van der Waals surface area contributed by atoms with E-state index in [1.165, 1.54) is 17.8 Å². The maximum Gasteiger partial charge on any atom is 0.323 e. The Balaban J connectivity index is 1.78. The Labute approximate surface area is 189 Å². The normalized spacial score (nSPS) is 26.6. The minimum absolute atomic E-state index is 0.0995. The van der Waals surface area contributed by atoms with Crippen LogP contribution in [-0.4, -0.2) is 74.8 Å². The summed E-state index contributed by atoms with van der Waals surface area (Å²) in [5.41, 5.74) is 3.44. The molecule has 1 fully saturated rings. The van der Waals surface area contributed by atoms with Crippen LogP contribution in [0.5, 0.6) is 0 Å². The molecule has 3 rings (SSSR count). The molecule has 0 amide bonds. The molecule has 0 aliphatic carbocycles. The van der Waals surface area contributed by atoms with Crippen LogP contribution in [0.4, 0.5) is 16.2 Å². The molecule has 0 radical (unpaired) electrons. The molecule has 0 spiro atoms. The summed E-state index contributed by atoms with van der Waals surface area (Å²) in [5.74, 6) is 1.53. The average molecular weight is 485 g/mol. The molecule has 2 aromatic rings. The van der Waals surface area contributed by atoms with Gasteiger partial charge in [-0.15, -0.1) is 6.42 Å². The number of rotatable bonds is 9. The fraction of sp³-hybridized carbons (Fsp3) is 0.556.